The van der Waals surface area contributed by atoms with Gasteiger partial charge >= 0.3 is 0 Å². The summed E-state index contributed by atoms with van der Waals surface area (Å²) in [5, 5.41) is 7.44. The molecular formula is C36H37N3O3SSi. The highest BCUT2D eigenvalue weighted by Crippen LogP contribution is 2.37. The van der Waals surface area contributed by atoms with Crippen molar-refractivity contribution < 1.29 is 12.8 Å². The maximum atomic E-state index is 11.8. The lowest BCUT2D eigenvalue weighted by Crippen LogP contribution is -2.66. The van der Waals surface area contributed by atoms with Crippen LogP contribution in [0.2, 0.25) is 5.04 Å². The van der Waals surface area contributed by atoms with Crippen LogP contribution in [0.15, 0.2) is 114 Å². The first kappa shape index (κ1) is 31.1. The third-order valence-electron chi connectivity index (χ3n) is 7.61. The smallest absolute Gasteiger partial charge is 0.261 e. The molecule has 0 saturated heterocycles. The summed E-state index contributed by atoms with van der Waals surface area (Å²) >= 11 is 0. The second-order valence-electron chi connectivity index (χ2n) is 12.0. The topological polar surface area (TPSA) is 81.2 Å². The Kier molecular flexibility index (Phi) is 9.02. The second kappa shape index (κ2) is 12.7. The Morgan fingerprint density at radius 3 is 2.07 bits per heavy atom. The van der Waals surface area contributed by atoms with E-state index in [4.69, 9.17) is 4.43 Å². The van der Waals surface area contributed by atoms with Crippen LogP contribution >= 0.6 is 0 Å². The first-order chi connectivity index (χ1) is 21.0. The van der Waals surface area contributed by atoms with Gasteiger partial charge in [0.25, 0.3) is 8.32 Å². The molecule has 8 heteroatoms. The summed E-state index contributed by atoms with van der Waals surface area (Å²) < 4.78 is 30.7. The molecule has 44 heavy (non-hydrogen) atoms. The first-order valence-corrected chi connectivity index (χ1v) is 18.4. The number of pyridine rings is 2. The van der Waals surface area contributed by atoms with E-state index in [2.05, 4.69) is 103 Å². The minimum atomic E-state index is -3.26. The molecule has 2 aromatic heterocycles. The molecule has 0 bridgehead atoms. The first-order valence-electron chi connectivity index (χ1n) is 14.6. The molecule has 0 radical (unpaired) electrons. The van der Waals surface area contributed by atoms with Crippen LogP contribution in [0.25, 0.3) is 10.8 Å². The number of nitrogens with zero attached hydrogens (tertiary/aromatic N) is 2. The van der Waals surface area contributed by atoms with Gasteiger partial charge in [-0.15, -0.1) is 0 Å². The van der Waals surface area contributed by atoms with Crippen LogP contribution in [-0.2, 0) is 14.3 Å². The van der Waals surface area contributed by atoms with Gasteiger partial charge in [0.2, 0.25) is 0 Å². The summed E-state index contributed by atoms with van der Waals surface area (Å²) in [6.45, 7) is 9.40. The van der Waals surface area contributed by atoms with Gasteiger partial charge < -0.3 is 9.74 Å². The largest absolute Gasteiger partial charge is 0.406 e. The lowest BCUT2D eigenvalue weighted by atomic mass is 10.1. The number of aromatic nitrogens is 2. The molecule has 0 unspecified atom stereocenters. The minimum Gasteiger partial charge on any atom is -0.406 e. The SMILES string of the molecule is C[C@@H](C#Cc1nccc2cnc(Nc3ccc(S(C)(=O)=O)cc3)cc12)CO[Si](c1ccccc1)(c1ccccc1)C(C)(C)C. The van der Waals surface area contributed by atoms with E-state index in [1.807, 2.05) is 24.3 Å². The zero-order chi connectivity index (χ0) is 31.4. The van der Waals surface area contributed by atoms with Gasteiger partial charge in [0, 0.05) is 47.6 Å². The summed E-state index contributed by atoms with van der Waals surface area (Å²) in [5.74, 6) is 7.28. The van der Waals surface area contributed by atoms with E-state index >= 15 is 0 Å². The van der Waals surface area contributed by atoms with Crippen molar-refractivity contribution in [3.63, 3.8) is 0 Å². The van der Waals surface area contributed by atoms with Crippen LogP contribution in [0.3, 0.4) is 0 Å². The lowest BCUT2D eigenvalue weighted by Gasteiger charge is -2.43. The molecular weight excluding hydrogens is 583 g/mol. The number of sulfone groups is 1. The van der Waals surface area contributed by atoms with Gasteiger partial charge in [0.05, 0.1) is 4.90 Å². The molecule has 0 spiro atoms. The number of fused-ring (bicyclic) bond motifs is 1. The number of hydrogen-bond acceptors (Lipinski definition) is 6. The van der Waals surface area contributed by atoms with Gasteiger partial charge in [-0.2, -0.15) is 0 Å². The van der Waals surface area contributed by atoms with Gasteiger partial charge in [0.1, 0.15) is 11.5 Å². The zero-order valence-corrected chi connectivity index (χ0v) is 27.5. The highest BCUT2D eigenvalue weighted by molar-refractivity contribution is 7.90. The van der Waals surface area contributed by atoms with Crippen molar-refractivity contribution in [2.45, 2.75) is 37.6 Å². The number of hydrogen-bond donors (Lipinski definition) is 1. The third-order valence-corrected chi connectivity index (χ3v) is 13.7. The normalized spacial score (nSPS) is 12.8. The van der Waals surface area contributed by atoms with Gasteiger partial charge in [-0.05, 0) is 64.7 Å². The third kappa shape index (κ3) is 6.76. The molecule has 0 aliphatic rings. The fourth-order valence-corrected chi connectivity index (χ4v) is 10.7. The highest BCUT2D eigenvalue weighted by atomic mass is 32.2. The summed E-state index contributed by atoms with van der Waals surface area (Å²) in [5.41, 5.74) is 1.40. The quantitative estimate of drug-likeness (QED) is 0.161. The summed E-state index contributed by atoms with van der Waals surface area (Å²) in [4.78, 5) is 9.37. The Hall–Kier alpha value is -4.29. The average molecular weight is 620 g/mol. The zero-order valence-electron chi connectivity index (χ0n) is 25.7. The van der Waals surface area contributed by atoms with E-state index in [1.54, 1.807) is 36.7 Å². The van der Waals surface area contributed by atoms with Crippen LogP contribution in [0.4, 0.5) is 11.5 Å². The van der Waals surface area contributed by atoms with Crippen LogP contribution in [-0.4, -0.2) is 39.6 Å². The maximum Gasteiger partial charge on any atom is 0.261 e. The van der Waals surface area contributed by atoms with Gasteiger partial charge in [0.15, 0.2) is 9.84 Å². The molecule has 5 rings (SSSR count). The molecule has 0 fully saturated rings. The summed E-state index contributed by atoms with van der Waals surface area (Å²) in [6.07, 6.45) is 4.72. The molecule has 2 heterocycles. The number of benzene rings is 3. The fourth-order valence-electron chi connectivity index (χ4n) is 5.41. The Balaban J connectivity index is 1.40. The molecule has 1 N–H and O–H groups in total. The average Bonchev–Trinajstić information content (AvgIpc) is 3.00. The lowest BCUT2D eigenvalue weighted by molar-refractivity contribution is 0.271. The van der Waals surface area contributed by atoms with E-state index in [0.29, 0.717) is 18.1 Å². The highest BCUT2D eigenvalue weighted by Gasteiger charge is 2.50. The predicted octanol–water partition coefficient (Wildman–Crippen LogP) is 6.34. The Morgan fingerprint density at radius 2 is 1.50 bits per heavy atom. The molecule has 0 saturated carbocycles. The molecule has 1 atom stereocenters. The predicted molar refractivity (Wildman–Crippen MR) is 182 cm³/mol. The van der Waals surface area contributed by atoms with Gasteiger partial charge in [-0.3, -0.25) is 0 Å². The molecule has 0 amide bonds. The van der Waals surface area contributed by atoms with Crippen LogP contribution < -0.4 is 15.7 Å². The van der Waals surface area contributed by atoms with Crippen molar-refractivity contribution >= 4 is 50.8 Å². The Morgan fingerprint density at radius 1 is 0.886 bits per heavy atom. The van der Waals surface area contributed by atoms with Crippen LogP contribution in [0, 0.1) is 17.8 Å². The Labute approximate surface area is 261 Å². The van der Waals surface area contributed by atoms with E-state index < -0.39 is 18.2 Å². The van der Waals surface area contributed by atoms with Crippen molar-refractivity contribution in [3.8, 4) is 11.8 Å². The number of nitrogens with one attached hydrogen (secondary N) is 1. The number of anilines is 2. The minimum absolute atomic E-state index is 0.0403. The molecule has 6 nitrogen and oxygen atoms in total. The molecule has 0 aliphatic carbocycles. The van der Waals surface area contributed by atoms with Crippen molar-refractivity contribution in [2.24, 2.45) is 5.92 Å². The maximum absolute atomic E-state index is 11.8. The van der Waals surface area contributed by atoms with Crippen molar-refractivity contribution in [1.29, 1.82) is 0 Å². The molecule has 0 aliphatic heterocycles. The van der Waals surface area contributed by atoms with E-state index in [-0.39, 0.29) is 15.9 Å². The van der Waals surface area contributed by atoms with Gasteiger partial charge in [-0.1, -0.05) is 87.4 Å². The van der Waals surface area contributed by atoms with Crippen molar-refractivity contribution in [3.05, 3.63) is 115 Å². The fraction of sp³-hybridized carbons (Fsp3) is 0.222. The number of rotatable bonds is 8. The van der Waals surface area contributed by atoms with Gasteiger partial charge in [-0.25, -0.2) is 18.4 Å². The van der Waals surface area contributed by atoms with Crippen molar-refractivity contribution in [1.82, 2.24) is 9.97 Å². The Bertz CT molecular complexity index is 1870. The molecule has 3 aromatic carbocycles. The van der Waals surface area contributed by atoms with Crippen LogP contribution in [0.5, 0.6) is 0 Å². The monoisotopic (exact) mass is 619 g/mol. The second-order valence-corrected chi connectivity index (χ2v) is 18.3. The van der Waals surface area contributed by atoms with Crippen LogP contribution in [0.1, 0.15) is 33.4 Å². The standard InChI is InChI=1S/C36H37N3O3SSi/c1-27(26-42-44(36(2,3)4,31-12-8-6-9-13-31)32-14-10-7-11-15-32)16-21-34-33-24-35(38-25-28(33)22-23-37-34)39-29-17-19-30(20-18-29)43(5,40)41/h6-15,17-20,22-25,27H,26H2,1-5H3,(H,38,39)/t27-/m0/s1. The summed E-state index contributed by atoms with van der Waals surface area (Å²) in [6, 6.07) is 31.7. The molecule has 5 aromatic rings. The molecule has 224 valence electrons. The van der Waals surface area contributed by atoms with Crippen molar-refractivity contribution in [2.75, 3.05) is 18.2 Å². The summed E-state index contributed by atoms with van der Waals surface area (Å²) in [7, 11) is -5.92. The van der Waals surface area contributed by atoms with E-state index in [9.17, 15) is 8.42 Å². The van der Waals surface area contributed by atoms with E-state index in [0.717, 1.165) is 16.5 Å². The van der Waals surface area contributed by atoms with E-state index in [1.165, 1.54) is 16.6 Å².